The average Bonchev–Trinajstić information content (AvgIpc) is 3.10. The molecule has 6 heteroatoms. The van der Waals surface area contributed by atoms with Gasteiger partial charge < -0.3 is 10.6 Å². The first-order chi connectivity index (χ1) is 12.1. The lowest BCUT2D eigenvalue weighted by molar-refractivity contribution is 0.251. The molecule has 0 aliphatic rings. The smallest absolute Gasteiger partial charge is 0.319 e. The van der Waals surface area contributed by atoms with Crippen LogP contribution >= 0.6 is 11.6 Å². The molecule has 128 valence electrons. The third-order valence-electron chi connectivity index (χ3n) is 3.82. The summed E-state index contributed by atoms with van der Waals surface area (Å²) in [5, 5.41) is 10.4. The molecule has 1 aromatic heterocycles. The van der Waals surface area contributed by atoms with Crippen LogP contribution in [0.25, 0.3) is 0 Å². The number of nitrogens with one attached hydrogen (secondary N) is 2. The minimum Gasteiger partial charge on any atom is -0.334 e. The Morgan fingerprint density at radius 2 is 1.96 bits per heavy atom. The van der Waals surface area contributed by atoms with Crippen LogP contribution in [0.2, 0.25) is 5.02 Å². The summed E-state index contributed by atoms with van der Waals surface area (Å²) >= 11 is 6.14. The van der Waals surface area contributed by atoms with Gasteiger partial charge in [0.2, 0.25) is 0 Å². The largest absolute Gasteiger partial charge is 0.334 e. The van der Waals surface area contributed by atoms with E-state index in [1.165, 1.54) is 0 Å². The lowest BCUT2D eigenvalue weighted by atomic mass is 10.1. The third kappa shape index (κ3) is 4.61. The Balaban J connectivity index is 1.62. The van der Waals surface area contributed by atoms with E-state index in [-0.39, 0.29) is 6.03 Å². The van der Waals surface area contributed by atoms with E-state index in [0.29, 0.717) is 23.8 Å². The second-order valence-electron chi connectivity index (χ2n) is 5.76. The van der Waals surface area contributed by atoms with Gasteiger partial charge in [-0.3, -0.25) is 4.68 Å². The SMILES string of the molecule is Cc1ccc(NC(=O)NCc2ccccc2Cn2cccn2)c(Cl)c1. The van der Waals surface area contributed by atoms with E-state index in [9.17, 15) is 4.79 Å². The number of carbonyl (C=O) groups excluding carboxylic acids is 1. The predicted molar refractivity (Wildman–Crippen MR) is 99.8 cm³/mol. The van der Waals surface area contributed by atoms with Crippen molar-refractivity contribution in [3.8, 4) is 0 Å². The number of rotatable bonds is 5. The highest BCUT2D eigenvalue weighted by Crippen LogP contribution is 2.22. The van der Waals surface area contributed by atoms with Crippen molar-refractivity contribution in [2.24, 2.45) is 0 Å². The molecule has 2 aromatic carbocycles. The van der Waals surface area contributed by atoms with Gasteiger partial charge in [0.1, 0.15) is 0 Å². The standard InChI is InChI=1S/C19H19ClN4O/c1-14-7-8-18(17(20)11-14)23-19(25)21-12-15-5-2-3-6-16(15)13-24-10-4-9-22-24/h2-11H,12-13H2,1H3,(H2,21,23,25). The first-order valence-corrected chi connectivity index (χ1v) is 8.35. The molecule has 0 saturated carbocycles. The molecule has 0 bridgehead atoms. The monoisotopic (exact) mass is 354 g/mol. The summed E-state index contributed by atoms with van der Waals surface area (Å²) in [5.74, 6) is 0. The van der Waals surface area contributed by atoms with Gasteiger partial charge >= 0.3 is 6.03 Å². The van der Waals surface area contributed by atoms with Crippen molar-refractivity contribution in [2.45, 2.75) is 20.0 Å². The molecule has 0 saturated heterocycles. The maximum Gasteiger partial charge on any atom is 0.319 e. The number of anilines is 1. The molecule has 0 aliphatic carbocycles. The van der Waals surface area contributed by atoms with Gasteiger partial charge in [-0.05, 0) is 41.8 Å². The molecule has 0 radical (unpaired) electrons. The number of hydrogen-bond acceptors (Lipinski definition) is 2. The summed E-state index contributed by atoms with van der Waals surface area (Å²) in [6.45, 7) is 3.04. The molecular formula is C19H19ClN4O. The first-order valence-electron chi connectivity index (χ1n) is 7.97. The number of urea groups is 1. The number of aryl methyl sites for hydroxylation is 1. The molecule has 1 heterocycles. The normalized spacial score (nSPS) is 10.5. The highest BCUT2D eigenvalue weighted by atomic mass is 35.5. The number of aromatic nitrogens is 2. The zero-order chi connectivity index (χ0) is 17.6. The van der Waals surface area contributed by atoms with Gasteiger partial charge in [0, 0.05) is 18.9 Å². The lowest BCUT2D eigenvalue weighted by Crippen LogP contribution is -2.28. The van der Waals surface area contributed by atoms with Crippen molar-refractivity contribution >= 4 is 23.3 Å². The van der Waals surface area contributed by atoms with Gasteiger partial charge in [-0.2, -0.15) is 5.10 Å². The van der Waals surface area contributed by atoms with Crippen molar-refractivity contribution in [3.63, 3.8) is 0 Å². The summed E-state index contributed by atoms with van der Waals surface area (Å²) in [4.78, 5) is 12.2. The van der Waals surface area contributed by atoms with Gasteiger partial charge in [-0.25, -0.2) is 4.79 Å². The number of benzene rings is 2. The van der Waals surface area contributed by atoms with Gasteiger partial charge in [0.25, 0.3) is 0 Å². The predicted octanol–water partition coefficient (Wildman–Crippen LogP) is 4.21. The van der Waals surface area contributed by atoms with Crippen molar-refractivity contribution in [2.75, 3.05) is 5.32 Å². The van der Waals surface area contributed by atoms with Crippen LogP contribution in [0.1, 0.15) is 16.7 Å². The molecule has 0 unspecified atom stereocenters. The number of halogens is 1. The zero-order valence-electron chi connectivity index (χ0n) is 13.9. The Morgan fingerprint density at radius 3 is 2.68 bits per heavy atom. The second-order valence-corrected chi connectivity index (χ2v) is 6.17. The second kappa shape index (κ2) is 7.85. The molecule has 3 rings (SSSR count). The van der Waals surface area contributed by atoms with Crippen LogP contribution in [0, 0.1) is 6.92 Å². The molecule has 0 atom stereocenters. The summed E-state index contributed by atoms with van der Waals surface area (Å²) in [7, 11) is 0. The highest BCUT2D eigenvalue weighted by Gasteiger charge is 2.08. The van der Waals surface area contributed by atoms with E-state index in [1.54, 1.807) is 12.3 Å². The highest BCUT2D eigenvalue weighted by molar-refractivity contribution is 6.33. The van der Waals surface area contributed by atoms with E-state index in [1.807, 2.05) is 60.3 Å². The van der Waals surface area contributed by atoms with Crippen molar-refractivity contribution < 1.29 is 4.79 Å². The zero-order valence-corrected chi connectivity index (χ0v) is 14.6. The molecule has 0 spiro atoms. The first kappa shape index (κ1) is 17.0. The fraction of sp³-hybridized carbons (Fsp3) is 0.158. The summed E-state index contributed by atoms with van der Waals surface area (Å²) in [6.07, 6.45) is 3.66. The van der Waals surface area contributed by atoms with Crippen LogP contribution in [0.5, 0.6) is 0 Å². The van der Waals surface area contributed by atoms with Crippen LogP contribution in [-0.2, 0) is 13.1 Å². The minimum absolute atomic E-state index is 0.292. The number of hydrogen-bond donors (Lipinski definition) is 2. The molecule has 2 N–H and O–H groups in total. The fourth-order valence-corrected chi connectivity index (χ4v) is 2.80. The van der Waals surface area contributed by atoms with Gasteiger partial charge in [0.05, 0.1) is 17.3 Å². The van der Waals surface area contributed by atoms with E-state index in [0.717, 1.165) is 16.7 Å². The van der Waals surface area contributed by atoms with Crippen molar-refractivity contribution in [1.82, 2.24) is 15.1 Å². The van der Waals surface area contributed by atoms with Crippen LogP contribution in [0.15, 0.2) is 60.9 Å². The number of amides is 2. The summed E-state index contributed by atoms with van der Waals surface area (Å²) in [6, 6.07) is 15.1. The maximum atomic E-state index is 12.2. The lowest BCUT2D eigenvalue weighted by Gasteiger charge is -2.12. The summed E-state index contributed by atoms with van der Waals surface area (Å²) < 4.78 is 1.85. The maximum absolute atomic E-state index is 12.2. The number of carbonyl (C=O) groups is 1. The van der Waals surface area contributed by atoms with E-state index >= 15 is 0 Å². The van der Waals surface area contributed by atoms with Crippen LogP contribution in [-0.4, -0.2) is 15.8 Å². The molecule has 0 fully saturated rings. The van der Waals surface area contributed by atoms with Gasteiger partial charge in [-0.1, -0.05) is 41.9 Å². The van der Waals surface area contributed by atoms with E-state index < -0.39 is 0 Å². The Labute approximate surface area is 151 Å². The molecule has 2 amide bonds. The fourth-order valence-electron chi connectivity index (χ4n) is 2.52. The van der Waals surface area contributed by atoms with E-state index in [4.69, 9.17) is 11.6 Å². The molecule has 25 heavy (non-hydrogen) atoms. The average molecular weight is 355 g/mol. The topological polar surface area (TPSA) is 59.0 Å². The molecule has 0 aliphatic heterocycles. The van der Waals surface area contributed by atoms with Gasteiger partial charge in [-0.15, -0.1) is 0 Å². The Morgan fingerprint density at radius 1 is 1.16 bits per heavy atom. The van der Waals surface area contributed by atoms with Crippen LogP contribution in [0.4, 0.5) is 10.5 Å². The van der Waals surface area contributed by atoms with Crippen LogP contribution < -0.4 is 10.6 Å². The number of nitrogens with zero attached hydrogens (tertiary/aromatic N) is 2. The van der Waals surface area contributed by atoms with E-state index in [2.05, 4.69) is 15.7 Å². The third-order valence-corrected chi connectivity index (χ3v) is 4.13. The van der Waals surface area contributed by atoms with Crippen molar-refractivity contribution in [3.05, 3.63) is 82.6 Å². The Hall–Kier alpha value is -2.79. The molecular weight excluding hydrogens is 336 g/mol. The van der Waals surface area contributed by atoms with Gasteiger partial charge in [0.15, 0.2) is 0 Å². The Bertz CT molecular complexity index is 862. The Kier molecular flexibility index (Phi) is 5.36. The van der Waals surface area contributed by atoms with Crippen molar-refractivity contribution in [1.29, 1.82) is 0 Å². The quantitative estimate of drug-likeness (QED) is 0.720. The molecule has 3 aromatic rings. The summed E-state index contributed by atoms with van der Waals surface area (Å²) in [5.41, 5.74) is 3.79. The molecule has 5 nitrogen and oxygen atoms in total. The minimum atomic E-state index is -0.292. The van der Waals surface area contributed by atoms with Crippen LogP contribution in [0.3, 0.4) is 0 Å².